The Labute approximate surface area is 114 Å². The van der Waals surface area contributed by atoms with Crippen LogP contribution >= 0.6 is 23.2 Å². The summed E-state index contributed by atoms with van der Waals surface area (Å²) in [5, 5.41) is 13.4. The normalized spacial score (nSPS) is 11.9. The molecule has 0 saturated heterocycles. The minimum absolute atomic E-state index is 0.0237. The number of hydrogen-bond donors (Lipinski definition) is 1. The maximum Gasteiger partial charge on any atom is 0.283 e. The van der Waals surface area contributed by atoms with Crippen molar-refractivity contribution in [2.45, 2.75) is 18.7 Å². The van der Waals surface area contributed by atoms with Gasteiger partial charge in [-0.25, -0.2) is 0 Å². The topological polar surface area (TPSA) is 72.2 Å². The fourth-order valence-corrected chi connectivity index (χ4v) is 1.53. The lowest BCUT2D eigenvalue weighted by Gasteiger charge is -2.08. The number of rotatable bonds is 5. The summed E-state index contributed by atoms with van der Waals surface area (Å²) in [4.78, 5) is 22.0. The van der Waals surface area contributed by atoms with Crippen LogP contribution in [0.3, 0.4) is 0 Å². The summed E-state index contributed by atoms with van der Waals surface area (Å²) in [5.74, 6) is -0.530. The van der Waals surface area contributed by atoms with Crippen molar-refractivity contribution in [3.8, 4) is 0 Å². The van der Waals surface area contributed by atoms with Crippen molar-refractivity contribution >= 4 is 34.8 Å². The third-order valence-electron chi connectivity index (χ3n) is 2.33. The van der Waals surface area contributed by atoms with Crippen LogP contribution in [0.15, 0.2) is 18.2 Å². The van der Waals surface area contributed by atoms with Gasteiger partial charge in [-0.3, -0.25) is 14.9 Å². The third kappa shape index (κ3) is 3.85. The Morgan fingerprint density at radius 1 is 1.56 bits per heavy atom. The van der Waals surface area contributed by atoms with E-state index in [1.165, 1.54) is 12.1 Å². The monoisotopic (exact) mass is 290 g/mol. The highest BCUT2D eigenvalue weighted by molar-refractivity contribution is 6.31. The molecule has 98 valence electrons. The van der Waals surface area contributed by atoms with Crippen LogP contribution < -0.4 is 5.32 Å². The molecule has 0 aliphatic carbocycles. The van der Waals surface area contributed by atoms with Crippen LogP contribution in [-0.2, 0) is 0 Å². The van der Waals surface area contributed by atoms with Crippen LogP contribution in [0.25, 0.3) is 0 Å². The average molecular weight is 291 g/mol. The van der Waals surface area contributed by atoms with Crippen molar-refractivity contribution < 1.29 is 9.72 Å². The Balaban J connectivity index is 2.88. The van der Waals surface area contributed by atoms with Gasteiger partial charge < -0.3 is 5.32 Å². The summed E-state index contributed by atoms with van der Waals surface area (Å²) < 4.78 is 0. The number of nitrogens with one attached hydrogen (secondary N) is 1. The molecule has 0 aliphatic heterocycles. The van der Waals surface area contributed by atoms with E-state index in [0.29, 0.717) is 6.42 Å². The number of amides is 1. The number of halogens is 2. The predicted octanol–water partition coefficient (Wildman–Crippen LogP) is 3.00. The van der Waals surface area contributed by atoms with E-state index in [1.807, 2.05) is 6.92 Å². The van der Waals surface area contributed by atoms with Crippen molar-refractivity contribution in [2.24, 2.45) is 0 Å². The second-order valence-electron chi connectivity index (χ2n) is 3.63. The van der Waals surface area contributed by atoms with E-state index in [-0.39, 0.29) is 28.2 Å². The van der Waals surface area contributed by atoms with Gasteiger partial charge in [0.1, 0.15) is 5.56 Å². The molecule has 0 aliphatic rings. The highest BCUT2D eigenvalue weighted by Gasteiger charge is 2.20. The number of hydrogen-bond acceptors (Lipinski definition) is 3. The van der Waals surface area contributed by atoms with Crippen molar-refractivity contribution in [1.29, 1.82) is 0 Å². The first-order valence-electron chi connectivity index (χ1n) is 5.32. The van der Waals surface area contributed by atoms with Crippen LogP contribution in [0.1, 0.15) is 23.7 Å². The lowest BCUT2D eigenvalue weighted by molar-refractivity contribution is -0.385. The molecule has 0 fully saturated rings. The maximum absolute atomic E-state index is 11.8. The van der Waals surface area contributed by atoms with Gasteiger partial charge in [-0.15, -0.1) is 11.6 Å². The molecule has 18 heavy (non-hydrogen) atoms. The molecule has 0 heterocycles. The fourth-order valence-electron chi connectivity index (χ4n) is 1.29. The summed E-state index contributed by atoms with van der Waals surface area (Å²) in [6, 6.07) is 3.90. The Morgan fingerprint density at radius 3 is 2.78 bits per heavy atom. The van der Waals surface area contributed by atoms with Gasteiger partial charge in [0.15, 0.2) is 0 Å². The van der Waals surface area contributed by atoms with Crippen LogP contribution in [0, 0.1) is 10.1 Å². The van der Waals surface area contributed by atoms with Gasteiger partial charge >= 0.3 is 0 Å². The SMILES string of the molecule is CCC(Cl)CNC(=O)c1ccc(Cl)cc1[N+](=O)[O-]. The zero-order chi connectivity index (χ0) is 13.7. The summed E-state index contributed by atoms with van der Waals surface area (Å²) >= 11 is 11.5. The number of alkyl halides is 1. The molecule has 1 atom stereocenters. The van der Waals surface area contributed by atoms with Gasteiger partial charge in [0.25, 0.3) is 11.6 Å². The molecule has 1 N–H and O–H groups in total. The Hall–Kier alpha value is -1.33. The Morgan fingerprint density at radius 2 is 2.22 bits per heavy atom. The molecule has 0 spiro atoms. The number of carbonyl (C=O) groups is 1. The number of nitro benzene ring substituents is 1. The third-order valence-corrected chi connectivity index (χ3v) is 3.03. The molecule has 0 radical (unpaired) electrons. The van der Waals surface area contributed by atoms with Gasteiger partial charge in [-0.2, -0.15) is 0 Å². The molecule has 1 aromatic rings. The molecule has 7 heteroatoms. The number of nitro groups is 1. The quantitative estimate of drug-likeness (QED) is 0.515. The number of carbonyl (C=O) groups excluding carboxylic acids is 1. The smallest absolute Gasteiger partial charge is 0.283 e. The van der Waals surface area contributed by atoms with Crippen molar-refractivity contribution in [3.05, 3.63) is 38.9 Å². The van der Waals surface area contributed by atoms with E-state index in [9.17, 15) is 14.9 Å². The summed E-state index contributed by atoms with van der Waals surface area (Å²) in [6.45, 7) is 2.14. The van der Waals surface area contributed by atoms with Gasteiger partial charge in [0, 0.05) is 17.6 Å². The lowest BCUT2D eigenvalue weighted by atomic mass is 10.1. The molecule has 0 saturated carbocycles. The molecular weight excluding hydrogens is 279 g/mol. The van der Waals surface area contributed by atoms with E-state index in [1.54, 1.807) is 0 Å². The van der Waals surface area contributed by atoms with Gasteiger partial charge in [-0.05, 0) is 18.6 Å². The summed E-state index contributed by atoms with van der Waals surface area (Å²) in [6.07, 6.45) is 0.699. The molecule has 1 rings (SSSR count). The second kappa shape index (κ2) is 6.56. The molecule has 0 bridgehead atoms. The van der Waals surface area contributed by atoms with Crippen molar-refractivity contribution in [1.82, 2.24) is 5.32 Å². The summed E-state index contributed by atoms with van der Waals surface area (Å²) in [7, 11) is 0. The first-order valence-corrected chi connectivity index (χ1v) is 6.13. The van der Waals surface area contributed by atoms with E-state index in [4.69, 9.17) is 23.2 Å². The average Bonchev–Trinajstić information content (AvgIpc) is 2.35. The minimum Gasteiger partial charge on any atom is -0.350 e. The van der Waals surface area contributed by atoms with Gasteiger partial charge in [0.05, 0.1) is 10.3 Å². The minimum atomic E-state index is -0.640. The zero-order valence-corrected chi connectivity index (χ0v) is 11.2. The van der Waals surface area contributed by atoms with Crippen LogP contribution in [0.2, 0.25) is 5.02 Å². The van der Waals surface area contributed by atoms with Crippen molar-refractivity contribution in [3.63, 3.8) is 0 Å². The molecule has 1 unspecified atom stereocenters. The van der Waals surface area contributed by atoms with Gasteiger partial charge in [0.2, 0.25) is 0 Å². The largest absolute Gasteiger partial charge is 0.350 e. The first-order chi connectivity index (χ1) is 8.45. The standard InChI is InChI=1S/C11H12Cl2N2O3/c1-2-7(12)6-14-11(16)9-4-3-8(13)5-10(9)15(17)18/h3-5,7H,2,6H2,1H3,(H,14,16). The summed E-state index contributed by atoms with van der Waals surface area (Å²) in [5.41, 5.74) is -0.341. The van der Waals surface area contributed by atoms with E-state index in [2.05, 4.69) is 5.32 Å². The van der Waals surface area contributed by atoms with Crippen LogP contribution in [0.5, 0.6) is 0 Å². The number of benzene rings is 1. The Kier molecular flexibility index (Phi) is 5.37. The van der Waals surface area contributed by atoms with E-state index < -0.39 is 10.8 Å². The molecule has 0 aromatic heterocycles. The Bertz CT molecular complexity index is 466. The van der Waals surface area contributed by atoms with Crippen molar-refractivity contribution in [2.75, 3.05) is 6.54 Å². The predicted molar refractivity (Wildman–Crippen MR) is 70.4 cm³/mol. The lowest BCUT2D eigenvalue weighted by Crippen LogP contribution is -2.29. The maximum atomic E-state index is 11.8. The van der Waals surface area contributed by atoms with Crippen LogP contribution in [0.4, 0.5) is 5.69 Å². The molecule has 1 aromatic carbocycles. The van der Waals surface area contributed by atoms with E-state index >= 15 is 0 Å². The first kappa shape index (κ1) is 14.7. The highest BCUT2D eigenvalue weighted by atomic mass is 35.5. The van der Waals surface area contributed by atoms with E-state index in [0.717, 1.165) is 6.07 Å². The zero-order valence-electron chi connectivity index (χ0n) is 9.65. The number of nitrogens with zero attached hydrogens (tertiary/aromatic N) is 1. The highest BCUT2D eigenvalue weighted by Crippen LogP contribution is 2.23. The van der Waals surface area contributed by atoms with Gasteiger partial charge in [-0.1, -0.05) is 18.5 Å². The molecule has 1 amide bonds. The van der Waals surface area contributed by atoms with Crippen LogP contribution in [-0.4, -0.2) is 22.8 Å². The molecule has 5 nitrogen and oxygen atoms in total. The fraction of sp³-hybridized carbons (Fsp3) is 0.364. The molecular formula is C11H12Cl2N2O3. The second-order valence-corrected chi connectivity index (χ2v) is 4.69.